The lowest BCUT2D eigenvalue weighted by atomic mass is 10.1. The molecular formula is C17H24N2O3S. The number of sulfonamides is 1. The molecule has 23 heavy (non-hydrogen) atoms. The Balaban J connectivity index is 2.01. The van der Waals surface area contributed by atoms with Crippen molar-refractivity contribution in [3.8, 4) is 0 Å². The van der Waals surface area contributed by atoms with Crippen LogP contribution in [0, 0.1) is 5.92 Å². The van der Waals surface area contributed by atoms with Gasteiger partial charge in [-0.15, -0.1) is 0 Å². The summed E-state index contributed by atoms with van der Waals surface area (Å²) < 4.78 is 26.2. The second kappa shape index (κ2) is 7.75. The van der Waals surface area contributed by atoms with Gasteiger partial charge in [-0.3, -0.25) is 4.79 Å². The van der Waals surface area contributed by atoms with Gasteiger partial charge in [0.1, 0.15) is 0 Å². The normalized spacial score (nSPS) is 17.6. The molecule has 0 spiro atoms. The first kappa shape index (κ1) is 17.7. The van der Waals surface area contributed by atoms with Gasteiger partial charge >= 0.3 is 0 Å². The molecule has 0 saturated carbocycles. The highest BCUT2D eigenvalue weighted by molar-refractivity contribution is 7.89. The van der Waals surface area contributed by atoms with E-state index in [1.807, 2.05) is 13.8 Å². The quantitative estimate of drug-likeness (QED) is 0.778. The topological polar surface area (TPSA) is 66.5 Å². The highest BCUT2D eigenvalue weighted by atomic mass is 32.2. The SMILES string of the molecule is CCN(CC)S(=O)(=O)c1ccc(NC(=O)C[C@H]2C=CCC2)cc1. The van der Waals surface area contributed by atoms with E-state index in [0.29, 0.717) is 31.1 Å². The lowest BCUT2D eigenvalue weighted by molar-refractivity contribution is -0.116. The fraction of sp³-hybridized carbons (Fsp3) is 0.471. The number of hydrogen-bond acceptors (Lipinski definition) is 3. The Kier molecular flexibility index (Phi) is 5.96. The van der Waals surface area contributed by atoms with Gasteiger partial charge in [-0.05, 0) is 43.0 Å². The number of anilines is 1. The fourth-order valence-electron chi connectivity index (χ4n) is 2.74. The summed E-state index contributed by atoms with van der Waals surface area (Å²) in [5, 5.41) is 2.82. The molecule has 6 heteroatoms. The minimum Gasteiger partial charge on any atom is -0.326 e. The van der Waals surface area contributed by atoms with Crippen LogP contribution in [0.3, 0.4) is 0 Å². The lowest BCUT2D eigenvalue weighted by Gasteiger charge is -2.18. The van der Waals surface area contributed by atoms with Crippen LogP contribution < -0.4 is 5.32 Å². The Morgan fingerprint density at radius 2 is 1.87 bits per heavy atom. The molecule has 0 fully saturated rings. The summed E-state index contributed by atoms with van der Waals surface area (Å²) in [6, 6.07) is 6.36. The number of rotatable bonds is 7. The average Bonchev–Trinajstić information content (AvgIpc) is 3.01. The van der Waals surface area contributed by atoms with E-state index in [9.17, 15) is 13.2 Å². The monoisotopic (exact) mass is 336 g/mol. The molecule has 1 aliphatic carbocycles. The maximum atomic E-state index is 12.4. The Morgan fingerprint density at radius 1 is 1.22 bits per heavy atom. The van der Waals surface area contributed by atoms with Crippen LogP contribution in [0.25, 0.3) is 0 Å². The molecule has 126 valence electrons. The van der Waals surface area contributed by atoms with Crippen LogP contribution in [0.5, 0.6) is 0 Å². The maximum absolute atomic E-state index is 12.4. The molecule has 1 aromatic carbocycles. The van der Waals surface area contributed by atoms with Gasteiger partial charge in [-0.25, -0.2) is 8.42 Å². The number of nitrogens with one attached hydrogen (secondary N) is 1. The predicted molar refractivity (Wildman–Crippen MR) is 91.7 cm³/mol. The minimum absolute atomic E-state index is 0.0408. The third-order valence-electron chi connectivity index (χ3n) is 4.04. The second-order valence-corrected chi connectivity index (χ2v) is 7.57. The van der Waals surface area contributed by atoms with Crippen LogP contribution in [0.1, 0.15) is 33.1 Å². The van der Waals surface area contributed by atoms with E-state index >= 15 is 0 Å². The molecule has 1 aliphatic rings. The Bertz CT molecular complexity index is 662. The Hall–Kier alpha value is -1.66. The van der Waals surface area contributed by atoms with Crippen molar-refractivity contribution in [2.24, 2.45) is 5.92 Å². The zero-order chi connectivity index (χ0) is 16.9. The number of amides is 1. The standard InChI is InChI=1S/C17H24N2O3S/c1-3-19(4-2)23(21,22)16-11-9-15(10-12-16)18-17(20)13-14-7-5-6-8-14/h5,7,9-12,14H,3-4,6,8,13H2,1-2H3,(H,18,20)/t14-/m0/s1. The summed E-state index contributed by atoms with van der Waals surface area (Å²) in [4.78, 5) is 12.2. The van der Waals surface area contributed by atoms with Crippen molar-refractivity contribution in [2.75, 3.05) is 18.4 Å². The molecule has 0 aliphatic heterocycles. The molecule has 2 rings (SSSR count). The van der Waals surface area contributed by atoms with Crippen LogP contribution >= 0.6 is 0 Å². The number of nitrogens with zero attached hydrogens (tertiary/aromatic N) is 1. The molecule has 1 amide bonds. The van der Waals surface area contributed by atoms with Gasteiger partial charge in [0.15, 0.2) is 0 Å². The summed E-state index contributed by atoms with van der Waals surface area (Å²) in [5.74, 6) is 0.276. The Labute approximate surface area is 138 Å². The summed E-state index contributed by atoms with van der Waals surface area (Å²) >= 11 is 0. The molecule has 1 N–H and O–H groups in total. The first-order valence-corrected chi connectivity index (χ1v) is 9.48. The van der Waals surface area contributed by atoms with Crippen molar-refractivity contribution < 1.29 is 13.2 Å². The van der Waals surface area contributed by atoms with Gasteiger partial charge in [0, 0.05) is 25.2 Å². The number of carbonyl (C=O) groups is 1. The fourth-order valence-corrected chi connectivity index (χ4v) is 4.20. The molecule has 0 unspecified atom stereocenters. The number of carbonyl (C=O) groups excluding carboxylic acids is 1. The van der Waals surface area contributed by atoms with Crippen molar-refractivity contribution in [2.45, 2.75) is 38.0 Å². The van der Waals surface area contributed by atoms with Gasteiger partial charge in [-0.2, -0.15) is 4.31 Å². The number of benzene rings is 1. The molecule has 1 atom stereocenters. The van der Waals surface area contributed by atoms with Crippen LogP contribution in [-0.2, 0) is 14.8 Å². The first-order valence-electron chi connectivity index (χ1n) is 8.04. The van der Waals surface area contributed by atoms with Crippen LogP contribution in [-0.4, -0.2) is 31.7 Å². The molecule has 0 bridgehead atoms. The minimum atomic E-state index is -3.45. The van der Waals surface area contributed by atoms with E-state index in [4.69, 9.17) is 0 Å². The van der Waals surface area contributed by atoms with E-state index in [2.05, 4.69) is 17.5 Å². The van der Waals surface area contributed by atoms with Crippen LogP contribution in [0.2, 0.25) is 0 Å². The molecule has 0 heterocycles. The molecule has 5 nitrogen and oxygen atoms in total. The molecule has 0 saturated heterocycles. The van der Waals surface area contributed by atoms with Crippen molar-refractivity contribution in [1.82, 2.24) is 4.31 Å². The maximum Gasteiger partial charge on any atom is 0.243 e. The van der Waals surface area contributed by atoms with Gasteiger partial charge in [-0.1, -0.05) is 26.0 Å². The number of allylic oxidation sites excluding steroid dienone is 2. The van der Waals surface area contributed by atoms with Crippen molar-refractivity contribution in [3.05, 3.63) is 36.4 Å². The van der Waals surface area contributed by atoms with Crippen molar-refractivity contribution in [3.63, 3.8) is 0 Å². The van der Waals surface area contributed by atoms with Crippen molar-refractivity contribution >= 4 is 21.6 Å². The third-order valence-corrected chi connectivity index (χ3v) is 6.11. The third kappa shape index (κ3) is 4.42. The van der Waals surface area contributed by atoms with E-state index in [0.717, 1.165) is 12.8 Å². The molecule has 0 aromatic heterocycles. The van der Waals surface area contributed by atoms with E-state index in [1.54, 1.807) is 24.3 Å². The Morgan fingerprint density at radius 3 is 2.39 bits per heavy atom. The van der Waals surface area contributed by atoms with E-state index < -0.39 is 10.0 Å². The predicted octanol–water partition coefficient (Wildman–Crippen LogP) is 3.01. The smallest absolute Gasteiger partial charge is 0.243 e. The highest BCUT2D eigenvalue weighted by Crippen LogP contribution is 2.22. The highest BCUT2D eigenvalue weighted by Gasteiger charge is 2.21. The van der Waals surface area contributed by atoms with Gasteiger partial charge in [0.25, 0.3) is 0 Å². The zero-order valence-electron chi connectivity index (χ0n) is 13.7. The second-order valence-electron chi connectivity index (χ2n) is 5.63. The summed E-state index contributed by atoms with van der Waals surface area (Å²) in [6.07, 6.45) is 6.71. The van der Waals surface area contributed by atoms with Gasteiger partial charge in [0.2, 0.25) is 15.9 Å². The molecular weight excluding hydrogens is 312 g/mol. The largest absolute Gasteiger partial charge is 0.326 e. The molecule has 0 radical (unpaired) electrons. The lowest BCUT2D eigenvalue weighted by Crippen LogP contribution is -2.30. The van der Waals surface area contributed by atoms with E-state index in [-0.39, 0.29) is 10.8 Å². The number of hydrogen-bond donors (Lipinski definition) is 1. The van der Waals surface area contributed by atoms with Crippen LogP contribution in [0.4, 0.5) is 5.69 Å². The average molecular weight is 336 g/mol. The van der Waals surface area contributed by atoms with Crippen molar-refractivity contribution in [1.29, 1.82) is 0 Å². The zero-order valence-corrected chi connectivity index (χ0v) is 14.5. The summed E-state index contributed by atoms with van der Waals surface area (Å²) in [5.41, 5.74) is 0.621. The summed E-state index contributed by atoms with van der Waals surface area (Å²) in [6.45, 7) is 4.50. The summed E-state index contributed by atoms with van der Waals surface area (Å²) in [7, 11) is -3.45. The van der Waals surface area contributed by atoms with Gasteiger partial charge < -0.3 is 5.32 Å². The van der Waals surface area contributed by atoms with Gasteiger partial charge in [0.05, 0.1) is 4.90 Å². The van der Waals surface area contributed by atoms with Crippen LogP contribution in [0.15, 0.2) is 41.3 Å². The van der Waals surface area contributed by atoms with E-state index in [1.165, 1.54) is 4.31 Å². The first-order chi connectivity index (χ1) is 11.0. The molecule has 1 aromatic rings.